The molecular formula is C14H10F2N2O2S. The zero-order valence-electron chi connectivity index (χ0n) is 10.7. The van der Waals surface area contributed by atoms with Gasteiger partial charge in [0.2, 0.25) is 10.0 Å². The topological polar surface area (TPSA) is 70.0 Å². The second kappa shape index (κ2) is 5.89. The summed E-state index contributed by atoms with van der Waals surface area (Å²) in [6.45, 7) is 0. The monoisotopic (exact) mass is 308 g/mol. The molecule has 0 aromatic heterocycles. The van der Waals surface area contributed by atoms with Gasteiger partial charge in [0.25, 0.3) is 0 Å². The van der Waals surface area contributed by atoms with Gasteiger partial charge in [-0.1, -0.05) is 12.1 Å². The van der Waals surface area contributed by atoms with Gasteiger partial charge in [0.1, 0.15) is 0 Å². The fraction of sp³-hybridized carbons (Fsp3) is 0.0714. The number of sulfonamides is 1. The third kappa shape index (κ3) is 4.00. The molecule has 1 N–H and O–H groups in total. The van der Waals surface area contributed by atoms with Gasteiger partial charge >= 0.3 is 0 Å². The maximum absolute atomic E-state index is 13.0. The van der Waals surface area contributed by atoms with Crippen LogP contribution in [0.5, 0.6) is 0 Å². The molecule has 0 aliphatic rings. The molecule has 0 saturated heterocycles. The molecule has 0 aliphatic carbocycles. The average molecular weight is 308 g/mol. The molecule has 4 nitrogen and oxygen atoms in total. The van der Waals surface area contributed by atoms with Crippen LogP contribution in [-0.4, -0.2) is 8.42 Å². The fourth-order valence-electron chi connectivity index (χ4n) is 1.67. The predicted molar refractivity (Wildman–Crippen MR) is 73.8 cm³/mol. The van der Waals surface area contributed by atoms with E-state index in [4.69, 9.17) is 5.26 Å². The van der Waals surface area contributed by atoms with Gasteiger partial charge in [0.15, 0.2) is 11.6 Å². The van der Waals surface area contributed by atoms with Crippen LogP contribution in [0.15, 0.2) is 42.5 Å². The Balaban J connectivity index is 2.14. The summed E-state index contributed by atoms with van der Waals surface area (Å²) in [5, 5.41) is 8.66. The number of hydrogen-bond donors (Lipinski definition) is 1. The molecule has 0 aliphatic heterocycles. The minimum Gasteiger partial charge on any atom is -0.283 e. The van der Waals surface area contributed by atoms with E-state index in [0.29, 0.717) is 11.1 Å². The van der Waals surface area contributed by atoms with Crippen LogP contribution in [0, 0.1) is 23.0 Å². The Morgan fingerprint density at radius 1 is 1.05 bits per heavy atom. The molecular weight excluding hydrogens is 298 g/mol. The zero-order chi connectivity index (χ0) is 15.5. The Morgan fingerprint density at radius 3 is 2.29 bits per heavy atom. The molecule has 0 amide bonds. The molecule has 2 aromatic carbocycles. The minimum atomic E-state index is -3.76. The van der Waals surface area contributed by atoms with Crippen LogP contribution in [-0.2, 0) is 15.8 Å². The second-order valence-electron chi connectivity index (χ2n) is 4.30. The zero-order valence-corrected chi connectivity index (χ0v) is 11.5. The lowest BCUT2D eigenvalue weighted by Crippen LogP contribution is -2.15. The second-order valence-corrected chi connectivity index (χ2v) is 6.02. The first-order valence-electron chi connectivity index (χ1n) is 5.84. The van der Waals surface area contributed by atoms with Crippen LogP contribution >= 0.6 is 0 Å². The Bertz CT molecular complexity index is 797. The highest BCUT2D eigenvalue weighted by atomic mass is 32.2. The van der Waals surface area contributed by atoms with Crippen molar-refractivity contribution in [3.8, 4) is 6.07 Å². The smallest absolute Gasteiger partial charge is 0.236 e. The van der Waals surface area contributed by atoms with Crippen LogP contribution in [0.25, 0.3) is 0 Å². The van der Waals surface area contributed by atoms with E-state index >= 15 is 0 Å². The quantitative estimate of drug-likeness (QED) is 0.944. The molecule has 0 bridgehead atoms. The van der Waals surface area contributed by atoms with E-state index in [-0.39, 0.29) is 11.4 Å². The van der Waals surface area contributed by atoms with Crippen LogP contribution in [0.2, 0.25) is 0 Å². The Morgan fingerprint density at radius 2 is 1.71 bits per heavy atom. The molecule has 0 saturated carbocycles. The average Bonchev–Trinajstić information content (AvgIpc) is 2.43. The van der Waals surface area contributed by atoms with Gasteiger partial charge in [-0.2, -0.15) is 5.26 Å². The van der Waals surface area contributed by atoms with E-state index in [2.05, 4.69) is 4.72 Å². The summed E-state index contributed by atoms with van der Waals surface area (Å²) in [4.78, 5) is 0. The van der Waals surface area contributed by atoms with Gasteiger partial charge in [-0.25, -0.2) is 17.2 Å². The maximum atomic E-state index is 13.0. The van der Waals surface area contributed by atoms with Gasteiger partial charge in [-0.3, -0.25) is 4.72 Å². The van der Waals surface area contributed by atoms with Gasteiger partial charge in [-0.05, 0) is 29.8 Å². The summed E-state index contributed by atoms with van der Waals surface area (Å²) >= 11 is 0. The van der Waals surface area contributed by atoms with E-state index in [1.54, 1.807) is 0 Å². The van der Waals surface area contributed by atoms with Gasteiger partial charge in [0, 0.05) is 6.07 Å². The first kappa shape index (κ1) is 14.9. The van der Waals surface area contributed by atoms with E-state index in [0.717, 1.165) is 18.2 Å². The highest BCUT2D eigenvalue weighted by Crippen LogP contribution is 2.16. The number of halogens is 2. The number of anilines is 1. The highest BCUT2D eigenvalue weighted by Gasteiger charge is 2.13. The predicted octanol–water partition coefficient (Wildman–Crippen LogP) is 2.78. The van der Waals surface area contributed by atoms with Gasteiger partial charge < -0.3 is 0 Å². The van der Waals surface area contributed by atoms with E-state index < -0.39 is 21.7 Å². The number of nitrogens with zero attached hydrogens (tertiary/aromatic N) is 1. The molecule has 2 rings (SSSR count). The Kier molecular flexibility index (Phi) is 4.19. The van der Waals surface area contributed by atoms with Crippen molar-refractivity contribution in [3.63, 3.8) is 0 Å². The number of hydrogen-bond acceptors (Lipinski definition) is 3. The number of rotatable bonds is 4. The molecule has 0 radical (unpaired) electrons. The van der Waals surface area contributed by atoms with E-state index in [1.807, 2.05) is 6.07 Å². The fourth-order valence-corrected chi connectivity index (χ4v) is 2.86. The molecule has 0 unspecified atom stereocenters. The molecule has 0 atom stereocenters. The van der Waals surface area contributed by atoms with Crippen molar-refractivity contribution in [2.24, 2.45) is 0 Å². The lowest BCUT2D eigenvalue weighted by Gasteiger charge is -2.08. The van der Waals surface area contributed by atoms with Crippen molar-refractivity contribution in [2.75, 3.05) is 4.72 Å². The first-order valence-corrected chi connectivity index (χ1v) is 7.49. The van der Waals surface area contributed by atoms with Crippen molar-refractivity contribution in [2.45, 2.75) is 5.75 Å². The number of nitrogens with one attached hydrogen (secondary N) is 1. The van der Waals surface area contributed by atoms with Gasteiger partial charge in [-0.15, -0.1) is 0 Å². The highest BCUT2D eigenvalue weighted by molar-refractivity contribution is 7.91. The summed E-state index contributed by atoms with van der Waals surface area (Å²) in [7, 11) is -3.76. The molecule has 21 heavy (non-hydrogen) atoms. The largest absolute Gasteiger partial charge is 0.283 e. The molecule has 0 heterocycles. The SMILES string of the molecule is N#Cc1ccc(CS(=O)(=O)Nc2ccc(F)c(F)c2)cc1. The standard InChI is InChI=1S/C14H10F2N2O2S/c15-13-6-5-12(7-14(13)16)18-21(19,20)9-11-3-1-10(8-17)2-4-11/h1-7,18H,9H2. The molecule has 0 fully saturated rings. The summed E-state index contributed by atoms with van der Waals surface area (Å²) in [5.41, 5.74) is 0.844. The normalized spacial score (nSPS) is 10.9. The van der Waals surface area contributed by atoms with Crippen LogP contribution in [0.3, 0.4) is 0 Å². The molecule has 7 heteroatoms. The lowest BCUT2D eigenvalue weighted by molar-refractivity contribution is 0.509. The van der Waals surface area contributed by atoms with Crippen molar-refractivity contribution < 1.29 is 17.2 Å². The maximum Gasteiger partial charge on any atom is 0.236 e. The molecule has 2 aromatic rings. The van der Waals surface area contributed by atoms with Crippen LogP contribution in [0.4, 0.5) is 14.5 Å². The summed E-state index contributed by atoms with van der Waals surface area (Å²) < 4.78 is 51.8. The Labute approximate surface area is 120 Å². The van der Waals surface area contributed by atoms with Gasteiger partial charge in [0.05, 0.1) is 23.1 Å². The summed E-state index contributed by atoms with van der Waals surface area (Å²) in [6, 6.07) is 10.7. The lowest BCUT2D eigenvalue weighted by atomic mass is 10.2. The van der Waals surface area contributed by atoms with E-state index in [9.17, 15) is 17.2 Å². The van der Waals surface area contributed by atoms with Crippen molar-refractivity contribution in [3.05, 3.63) is 65.2 Å². The van der Waals surface area contributed by atoms with Crippen LogP contribution in [0.1, 0.15) is 11.1 Å². The Hall–Kier alpha value is -2.46. The van der Waals surface area contributed by atoms with E-state index in [1.165, 1.54) is 24.3 Å². The van der Waals surface area contributed by atoms with Crippen molar-refractivity contribution in [1.82, 2.24) is 0 Å². The van der Waals surface area contributed by atoms with Crippen LogP contribution < -0.4 is 4.72 Å². The summed E-state index contributed by atoms with van der Waals surface area (Å²) in [6.07, 6.45) is 0. The first-order chi connectivity index (χ1) is 9.89. The third-order valence-corrected chi connectivity index (χ3v) is 3.89. The van der Waals surface area contributed by atoms with Crippen molar-refractivity contribution in [1.29, 1.82) is 5.26 Å². The molecule has 0 spiro atoms. The third-order valence-electron chi connectivity index (χ3n) is 2.63. The summed E-state index contributed by atoms with van der Waals surface area (Å²) in [5.74, 6) is -2.52. The number of benzene rings is 2. The van der Waals surface area contributed by atoms with Crippen molar-refractivity contribution >= 4 is 15.7 Å². The minimum absolute atomic E-state index is 0.0532. The number of nitriles is 1. The molecule has 108 valence electrons.